The fourth-order valence-electron chi connectivity index (χ4n) is 2.80. The Morgan fingerprint density at radius 2 is 1.83 bits per heavy atom. The molecule has 0 aliphatic heterocycles. The first-order valence-electron chi connectivity index (χ1n) is 8.02. The zero-order valence-electron chi connectivity index (χ0n) is 13.5. The Morgan fingerprint density at radius 3 is 2.52 bits per heavy atom. The van der Waals surface area contributed by atoms with Crippen LogP contribution in [0.15, 0.2) is 42.5 Å². The van der Waals surface area contributed by atoms with Gasteiger partial charge in [-0.15, -0.1) is 0 Å². The monoisotopic (exact) mass is 316 g/mol. The van der Waals surface area contributed by atoms with Gasteiger partial charge in [0.1, 0.15) is 0 Å². The summed E-state index contributed by atoms with van der Waals surface area (Å²) in [5.41, 5.74) is 1.06. The van der Waals surface area contributed by atoms with E-state index in [-0.39, 0.29) is 17.9 Å². The first-order chi connectivity index (χ1) is 11.2. The van der Waals surface area contributed by atoms with E-state index in [1.807, 2.05) is 30.3 Å². The van der Waals surface area contributed by atoms with Crippen LogP contribution in [0, 0.1) is 5.92 Å². The van der Waals surface area contributed by atoms with Crippen molar-refractivity contribution < 1.29 is 14.3 Å². The SMILES string of the molecule is COC(=O)N[C@H]1CC/C=C\CC[C@H]1C(=O)NCc1ccccc1. The molecule has 2 amide bonds. The number of amides is 2. The molecule has 0 heterocycles. The number of hydrogen-bond acceptors (Lipinski definition) is 3. The van der Waals surface area contributed by atoms with Crippen LogP contribution in [0.2, 0.25) is 0 Å². The van der Waals surface area contributed by atoms with Crippen LogP contribution in [0.5, 0.6) is 0 Å². The van der Waals surface area contributed by atoms with Gasteiger partial charge in [-0.05, 0) is 31.2 Å². The Morgan fingerprint density at radius 1 is 1.13 bits per heavy atom. The molecule has 0 saturated heterocycles. The molecular formula is C18H24N2O3. The fraction of sp³-hybridized carbons (Fsp3) is 0.444. The van der Waals surface area contributed by atoms with Crippen molar-refractivity contribution >= 4 is 12.0 Å². The molecule has 0 aromatic heterocycles. The quantitative estimate of drug-likeness (QED) is 0.839. The van der Waals surface area contributed by atoms with Crippen LogP contribution < -0.4 is 10.6 Å². The highest BCUT2D eigenvalue weighted by Crippen LogP contribution is 2.20. The van der Waals surface area contributed by atoms with E-state index < -0.39 is 6.09 Å². The predicted octanol–water partition coefficient (Wildman–Crippen LogP) is 2.77. The number of carbonyl (C=O) groups excluding carboxylic acids is 2. The number of alkyl carbamates (subject to hydrolysis) is 1. The van der Waals surface area contributed by atoms with Gasteiger partial charge >= 0.3 is 6.09 Å². The first-order valence-corrected chi connectivity index (χ1v) is 8.02. The first kappa shape index (κ1) is 17.1. The molecule has 1 aromatic rings. The van der Waals surface area contributed by atoms with Crippen molar-refractivity contribution in [1.29, 1.82) is 0 Å². The summed E-state index contributed by atoms with van der Waals surface area (Å²) in [6.07, 6.45) is 6.84. The van der Waals surface area contributed by atoms with E-state index in [1.165, 1.54) is 7.11 Å². The van der Waals surface area contributed by atoms with Gasteiger partial charge in [-0.3, -0.25) is 4.79 Å². The smallest absolute Gasteiger partial charge is 0.407 e. The molecule has 2 N–H and O–H groups in total. The molecule has 5 heteroatoms. The van der Waals surface area contributed by atoms with Crippen LogP contribution in [0.1, 0.15) is 31.2 Å². The fourth-order valence-corrected chi connectivity index (χ4v) is 2.80. The summed E-state index contributed by atoms with van der Waals surface area (Å²) in [4.78, 5) is 24.1. The number of allylic oxidation sites excluding steroid dienone is 2. The number of nitrogens with one attached hydrogen (secondary N) is 2. The van der Waals surface area contributed by atoms with Gasteiger partial charge < -0.3 is 15.4 Å². The van der Waals surface area contributed by atoms with Crippen molar-refractivity contribution in [3.05, 3.63) is 48.0 Å². The maximum atomic E-state index is 12.6. The third-order valence-corrected chi connectivity index (χ3v) is 4.08. The second-order valence-corrected chi connectivity index (χ2v) is 5.68. The van der Waals surface area contributed by atoms with Crippen molar-refractivity contribution in [1.82, 2.24) is 10.6 Å². The van der Waals surface area contributed by atoms with Crippen LogP contribution in [0.3, 0.4) is 0 Å². The van der Waals surface area contributed by atoms with Gasteiger partial charge in [0.25, 0.3) is 0 Å². The van der Waals surface area contributed by atoms with Crippen LogP contribution >= 0.6 is 0 Å². The normalized spacial score (nSPS) is 22.3. The van der Waals surface area contributed by atoms with Crippen molar-refractivity contribution in [3.63, 3.8) is 0 Å². The number of ether oxygens (including phenoxy) is 1. The van der Waals surface area contributed by atoms with Gasteiger partial charge in [0.05, 0.1) is 13.0 Å². The van der Waals surface area contributed by atoms with E-state index >= 15 is 0 Å². The molecule has 1 aliphatic rings. The molecule has 1 aliphatic carbocycles. The molecule has 0 unspecified atom stereocenters. The minimum atomic E-state index is -0.486. The summed E-state index contributed by atoms with van der Waals surface area (Å²) >= 11 is 0. The summed E-state index contributed by atoms with van der Waals surface area (Å²) in [6.45, 7) is 0.497. The zero-order chi connectivity index (χ0) is 16.5. The summed E-state index contributed by atoms with van der Waals surface area (Å²) in [6, 6.07) is 9.59. The van der Waals surface area contributed by atoms with Gasteiger partial charge in [-0.25, -0.2) is 4.79 Å². The highest BCUT2D eigenvalue weighted by molar-refractivity contribution is 5.80. The Kier molecular flexibility index (Phi) is 6.66. The van der Waals surface area contributed by atoms with E-state index in [4.69, 9.17) is 0 Å². The maximum Gasteiger partial charge on any atom is 0.407 e. The summed E-state index contributed by atoms with van der Waals surface area (Å²) < 4.78 is 4.68. The lowest BCUT2D eigenvalue weighted by Crippen LogP contribution is -2.47. The zero-order valence-corrected chi connectivity index (χ0v) is 13.5. The summed E-state index contributed by atoms with van der Waals surface area (Å²) in [7, 11) is 1.34. The van der Waals surface area contributed by atoms with E-state index in [9.17, 15) is 9.59 Å². The van der Waals surface area contributed by atoms with Gasteiger partial charge in [0.2, 0.25) is 5.91 Å². The Labute approximate surface area is 137 Å². The standard InChI is InChI=1S/C18H24N2O3/c1-23-18(22)20-16-12-8-3-2-7-11-15(16)17(21)19-13-14-9-5-4-6-10-14/h2-6,9-10,15-16H,7-8,11-13H2,1H3,(H,19,21)(H,20,22)/b3-2-/t15-,16+/m1/s1. The van der Waals surface area contributed by atoms with Crippen LogP contribution in [0.4, 0.5) is 4.79 Å². The second-order valence-electron chi connectivity index (χ2n) is 5.68. The number of benzene rings is 1. The van der Waals surface area contributed by atoms with E-state index in [0.717, 1.165) is 24.8 Å². The molecule has 5 nitrogen and oxygen atoms in total. The molecule has 2 atom stereocenters. The third kappa shape index (κ3) is 5.43. The van der Waals surface area contributed by atoms with Crippen molar-refractivity contribution in [2.24, 2.45) is 5.92 Å². The molecule has 0 spiro atoms. The summed E-state index contributed by atoms with van der Waals surface area (Å²) in [5, 5.41) is 5.79. The number of rotatable bonds is 4. The largest absolute Gasteiger partial charge is 0.453 e. The van der Waals surface area contributed by atoms with Crippen molar-refractivity contribution in [3.8, 4) is 0 Å². The van der Waals surface area contributed by atoms with E-state index in [0.29, 0.717) is 13.0 Å². The number of hydrogen-bond donors (Lipinski definition) is 2. The van der Waals surface area contributed by atoms with Crippen LogP contribution in [-0.2, 0) is 16.1 Å². The second kappa shape index (κ2) is 8.98. The Bertz CT molecular complexity index is 542. The average molecular weight is 316 g/mol. The Hall–Kier alpha value is -2.30. The molecule has 2 rings (SSSR count). The maximum absolute atomic E-state index is 12.6. The molecule has 1 aromatic carbocycles. The molecule has 0 saturated carbocycles. The number of methoxy groups -OCH3 is 1. The molecule has 0 radical (unpaired) electrons. The average Bonchev–Trinajstić information content (AvgIpc) is 2.56. The predicted molar refractivity (Wildman–Crippen MR) is 88.7 cm³/mol. The van der Waals surface area contributed by atoms with Gasteiger partial charge in [0.15, 0.2) is 0 Å². The van der Waals surface area contributed by atoms with E-state index in [2.05, 4.69) is 27.5 Å². The molecule has 0 fully saturated rings. The minimum Gasteiger partial charge on any atom is -0.453 e. The molecule has 0 bridgehead atoms. The third-order valence-electron chi connectivity index (χ3n) is 4.08. The lowest BCUT2D eigenvalue weighted by Gasteiger charge is -2.27. The minimum absolute atomic E-state index is 0.0226. The molecule has 124 valence electrons. The lowest BCUT2D eigenvalue weighted by atomic mass is 9.88. The number of carbonyl (C=O) groups is 2. The molecule has 23 heavy (non-hydrogen) atoms. The molecular weight excluding hydrogens is 292 g/mol. The van der Waals surface area contributed by atoms with Crippen LogP contribution in [0.25, 0.3) is 0 Å². The highest BCUT2D eigenvalue weighted by Gasteiger charge is 2.29. The van der Waals surface area contributed by atoms with Crippen molar-refractivity contribution in [2.45, 2.75) is 38.3 Å². The van der Waals surface area contributed by atoms with Gasteiger partial charge in [0, 0.05) is 12.6 Å². The van der Waals surface area contributed by atoms with E-state index in [1.54, 1.807) is 0 Å². The lowest BCUT2D eigenvalue weighted by molar-refractivity contribution is -0.126. The summed E-state index contributed by atoms with van der Waals surface area (Å²) in [5.74, 6) is -0.270. The topological polar surface area (TPSA) is 67.4 Å². The van der Waals surface area contributed by atoms with Gasteiger partial charge in [-0.2, -0.15) is 0 Å². The Balaban J connectivity index is 1.99. The van der Waals surface area contributed by atoms with Gasteiger partial charge in [-0.1, -0.05) is 42.5 Å². The highest BCUT2D eigenvalue weighted by atomic mass is 16.5. The van der Waals surface area contributed by atoms with Crippen molar-refractivity contribution in [2.75, 3.05) is 7.11 Å². The van der Waals surface area contributed by atoms with Crippen LogP contribution in [-0.4, -0.2) is 25.2 Å².